The van der Waals surface area contributed by atoms with Gasteiger partial charge in [0.05, 0.1) is 21.3 Å². The van der Waals surface area contributed by atoms with Crippen LogP contribution in [0.5, 0.6) is 17.2 Å². The summed E-state index contributed by atoms with van der Waals surface area (Å²) in [5, 5.41) is -0.0805. The van der Waals surface area contributed by atoms with E-state index in [0.29, 0.717) is 23.7 Å². The van der Waals surface area contributed by atoms with Crippen molar-refractivity contribution >= 4 is 17.7 Å². The number of rotatable bonds is 7. The number of methoxy groups -OCH3 is 3. The van der Waals surface area contributed by atoms with Crippen molar-refractivity contribution in [3.63, 3.8) is 0 Å². The van der Waals surface area contributed by atoms with Crippen molar-refractivity contribution in [2.45, 2.75) is 18.2 Å². The molecule has 0 bridgehead atoms. The van der Waals surface area contributed by atoms with Crippen LogP contribution in [-0.4, -0.2) is 44.4 Å². The SMILES string of the molecule is COc1cc(OC)c(C2SCCN2C(=O)CCc2ccccc2)cc1OC. The molecule has 1 heterocycles. The van der Waals surface area contributed by atoms with Crippen LogP contribution in [-0.2, 0) is 11.2 Å². The van der Waals surface area contributed by atoms with Gasteiger partial charge in [0.1, 0.15) is 11.1 Å². The van der Waals surface area contributed by atoms with Gasteiger partial charge in [-0.3, -0.25) is 4.79 Å². The van der Waals surface area contributed by atoms with Crippen LogP contribution in [0.2, 0.25) is 0 Å². The molecule has 1 saturated heterocycles. The molecule has 0 aliphatic carbocycles. The van der Waals surface area contributed by atoms with Crippen molar-refractivity contribution in [1.82, 2.24) is 4.90 Å². The van der Waals surface area contributed by atoms with Gasteiger partial charge in [-0.15, -0.1) is 11.8 Å². The highest BCUT2D eigenvalue weighted by Gasteiger charge is 2.33. The minimum atomic E-state index is -0.0805. The third-order valence-corrected chi connectivity index (χ3v) is 5.93. The van der Waals surface area contributed by atoms with Crippen LogP contribution in [0.25, 0.3) is 0 Å². The number of nitrogens with zero attached hydrogens (tertiary/aromatic N) is 1. The summed E-state index contributed by atoms with van der Waals surface area (Å²) in [5.41, 5.74) is 2.11. The van der Waals surface area contributed by atoms with Gasteiger partial charge in [0.2, 0.25) is 5.91 Å². The lowest BCUT2D eigenvalue weighted by Gasteiger charge is -2.26. The molecule has 2 aromatic carbocycles. The van der Waals surface area contributed by atoms with Gasteiger partial charge in [-0.05, 0) is 18.1 Å². The van der Waals surface area contributed by atoms with Crippen molar-refractivity contribution in [3.8, 4) is 17.2 Å². The normalized spacial score (nSPS) is 16.3. The number of amides is 1. The molecule has 5 nitrogen and oxygen atoms in total. The maximum absolute atomic E-state index is 12.9. The highest BCUT2D eigenvalue weighted by molar-refractivity contribution is 7.99. The first-order chi connectivity index (χ1) is 13.2. The van der Waals surface area contributed by atoms with Gasteiger partial charge < -0.3 is 19.1 Å². The fraction of sp³-hybridized carbons (Fsp3) is 0.381. The first kappa shape index (κ1) is 19.4. The molecule has 27 heavy (non-hydrogen) atoms. The van der Waals surface area contributed by atoms with E-state index in [1.165, 1.54) is 5.56 Å². The molecule has 144 valence electrons. The highest BCUT2D eigenvalue weighted by atomic mass is 32.2. The van der Waals surface area contributed by atoms with Gasteiger partial charge in [-0.2, -0.15) is 0 Å². The molecule has 0 spiro atoms. The minimum Gasteiger partial charge on any atom is -0.496 e. The third-order valence-electron chi connectivity index (χ3n) is 4.68. The zero-order valence-corrected chi connectivity index (χ0v) is 16.8. The molecule has 1 aliphatic rings. The Labute approximate surface area is 164 Å². The summed E-state index contributed by atoms with van der Waals surface area (Å²) in [6.45, 7) is 0.737. The standard InChI is InChI=1S/C21H25NO4S/c1-24-17-14-19(26-3)18(25-2)13-16(17)21-22(11-12-27-21)20(23)10-9-15-7-5-4-6-8-15/h4-8,13-14,21H,9-12H2,1-3H3. The monoisotopic (exact) mass is 387 g/mol. The van der Waals surface area contributed by atoms with Crippen LogP contribution in [0.3, 0.4) is 0 Å². The molecule has 1 atom stereocenters. The summed E-state index contributed by atoms with van der Waals surface area (Å²) in [5.74, 6) is 3.01. The number of ether oxygens (including phenoxy) is 3. The minimum absolute atomic E-state index is 0.0805. The second kappa shape index (κ2) is 9.04. The average Bonchev–Trinajstić information content (AvgIpc) is 3.21. The van der Waals surface area contributed by atoms with E-state index in [0.717, 1.165) is 24.3 Å². The zero-order valence-electron chi connectivity index (χ0n) is 15.9. The summed E-state index contributed by atoms with van der Waals surface area (Å²) in [7, 11) is 4.84. The second-order valence-electron chi connectivity index (χ2n) is 6.25. The van der Waals surface area contributed by atoms with Gasteiger partial charge in [0.15, 0.2) is 11.5 Å². The van der Waals surface area contributed by atoms with Crippen LogP contribution in [0.1, 0.15) is 22.9 Å². The molecular formula is C21H25NO4S. The Morgan fingerprint density at radius 1 is 1.04 bits per heavy atom. The van der Waals surface area contributed by atoms with Crippen molar-refractivity contribution in [2.24, 2.45) is 0 Å². The first-order valence-corrected chi connectivity index (χ1v) is 9.97. The molecule has 0 aromatic heterocycles. The number of thioether (sulfide) groups is 1. The molecule has 1 amide bonds. The Morgan fingerprint density at radius 2 is 1.70 bits per heavy atom. The van der Waals surface area contributed by atoms with Gasteiger partial charge >= 0.3 is 0 Å². The van der Waals surface area contributed by atoms with Crippen LogP contribution < -0.4 is 14.2 Å². The number of benzene rings is 2. The lowest BCUT2D eigenvalue weighted by Crippen LogP contribution is -2.30. The smallest absolute Gasteiger partial charge is 0.224 e. The van der Waals surface area contributed by atoms with Crippen LogP contribution in [0.15, 0.2) is 42.5 Å². The molecule has 1 aliphatic heterocycles. The predicted octanol–water partition coefficient (Wildman–Crippen LogP) is 3.92. The van der Waals surface area contributed by atoms with Crippen LogP contribution >= 0.6 is 11.8 Å². The molecule has 0 radical (unpaired) electrons. The Kier molecular flexibility index (Phi) is 6.50. The van der Waals surface area contributed by atoms with Gasteiger partial charge in [0, 0.05) is 30.3 Å². The lowest BCUT2D eigenvalue weighted by molar-refractivity contribution is -0.131. The van der Waals surface area contributed by atoms with E-state index in [4.69, 9.17) is 14.2 Å². The second-order valence-corrected chi connectivity index (χ2v) is 7.43. The van der Waals surface area contributed by atoms with Gasteiger partial charge in [-0.1, -0.05) is 30.3 Å². The number of hydrogen-bond acceptors (Lipinski definition) is 5. The topological polar surface area (TPSA) is 48.0 Å². The summed E-state index contributed by atoms with van der Waals surface area (Å²) in [4.78, 5) is 14.8. The largest absolute Gasteiger partial charge is 0.496 e. The van der Waals surface area contributed by atoms with E-state index in [9.17, 15) is 4.79 Å². The Balaban J connectivity index is 1.80. The van der Waals surface area contributed by atoms with E-state index in [-0.39, 0.29) is 11.3 Å². The quantitative estimate of drug-likeness (QED) is 0.721. The number of carbonyl (C=O) groups excluding carboxylic acids is 1. The van der Waals surface area contributed by atoms with E-state index < -0.39 is 0 Å². The predicted molar refractivity (Wildman–Crippen MR) is 108 cm³/mol. The van der Waals surface area contributed by atoms with Crippen LogP contribution in [0, 0.1) is 0 Å². The maximum Gasteiger partial charge on any atom is 0.224 e. The summed E-state index contributed by atoms with van der Waals surface area (Å²) >= 11 is 1.74. The molecule has 0 saturated carbocycles. The molecule has 6 heteroatoms. The van der Waals surface area contributed by atoms with Crippen molar-refractivity contribution < 1.29 is 19.0 Å². The summed E-state index contributed by atoms with van der Waals surface area (Å²) in [6, 6.07) is 13.8. The van der Waals surface area contributed by atoms with Gasteiger partial charge in [0.25, 0.3) is 0 Å². The van der Waals surface area contributed by atoms with E-state index in [1.54, 1.807) is 33.1 Å². The molecular weight excluding hydrogens is 362 g/mol. The highest BCUT2D eigenvalue weighted by Crippen LogP contribution is 2.46. The fourth-order valence-electron chi connectivity index (χ4n) is 3.27. The van der Waals surface area contributed by atoms with E-state index in [2.05, 4.69) is 12.1 Å². The maximum atomic E-state index is 12.9. The molecule has 3 rings (SSSR count). The molecule has 0 N–H and O–H groups in total. The molecule has 1 fully saturated rings. The first-order valence-electron chi connectivity index (χ1n) is 8.92. The van der Waals surface area contributed by atoms with Crippen LogP contribution in [0.4, 0.5) is 0 Å². The van der Waals surface area contributed by atoms with Crippen molar-refractivity contribution in [3.05, 3.63) is 53.6 Å². The van der Waals surface area contributed by atoms with E-state index >= 15 is 0 Å². The Bertz CT molecular complexity index is 781. The Morgan fingerprint density at radius 3 is 2.37 bits per heavy atom. The average molecular weight is 388 g/mol. The van der Waals surface area contributed by atoms with Gasteiger partial charge in [-0.25, -0.2) is 0 Å². The number of hydrogen-bond donors (Lipinski definition) is 0. The Hall–Kier alpha value is -2.34. The third kappa shape index (κ3) is 4.33. The van der Waals surface area contributed by atoms with E-state index in [1.807, 2.05) is 35.2 Å². The molecule has 1 unspecified atom stereocenters. The van der Waals surface area contributed by atoms with Crippen molar-refractivity contribution in [2.75, 3.05) is 33.6 Å². The fourth-order valence-corrected chi connectivity index (χ4v) is 4.56. The number of aryl methyl sites for hydroxylation is 1. The zero-order chi connectivity index (χ0) is 19.2. The summed E-state index contributed by atoms with van der Waals surface area (Å²) in [6.07, 6.45) is 1.24. The lowest BCUT2D eigenvalue weighted by atomic mass is 10.1. The van der Waals surface area contributed by atoms with Crippen molar-refractivity contribution in [1.29, 1.82) is 0 Å². The number of carbonyl (C=O) groups is 1. The molecule has 2 aromatic rings. The summed E-state index contributed by atoms with van der Waals surface area (Å²) < 4.78 is 16.4.